The number of nitrogens with zero attached hydrogens (tertiary/aromatic N) is 4. The van der Waals surface area contributed by atoms with Gasteiger partial charge in [-0.15, -0.1) is 0 Å². The van der Waals surface area contributed by atoms with Crippen molar-refractivity contribution in [3.05, 3.63) is 78.9 Å². The molecule has 0 spiro atoms. The molecule has 1 atom stereocenters. The van der Waals surface area contributed by atoms with Crippen LogP contribution in [0.5, 0.6) is 0 Å². The molecule has 230 valence electrons. The smallest absolute Gasteiger partial charge is 0.262 e. The average Bonchev–Trinajstić information content (AvgIpc) is 3.33. The van der Waals surface area contributed by atoms with Crippen LogP contribution in [-0.4, -0.2) is 71.5 Å². The predicted octanol–water partition coefficient (Wildman–Crippen LogP) is 5.21. The van der Waals surface area contributed by atoms with Crippen LogP contribution in [0.4, 0.5) is 5.69 Å². The minimum Gasteiger partial charge on any atom is -0.314 e. The third-order valence-electron chi connectivity index (χ3n) is 7.58. The molecule has 2 aromatic carbocycles. The maximum atomic E-state index is 13.4. The van der Waals surface area contributed by atoms with Crippen LogP contribution in [0.25, 0.3) is 16.7 Å². The first-order chi connectivity index (χ1) is 20.5. The Hall–Kier alpha value is -2.67. The van der Waals surface area contributed by atoms with Crippen molar-refractivity contribution >= 4 is 61.5 Å². The van der Waals surface area contributed by atoms with Crippen molar-refractivity contribution in [3.8, 4) is 5.69 Å². The van der Waals surface area contributed by atoms with Crippen LogP contribution >= 0.6 is 34.8 Å². The van der Waals surface area contributed by atoms with Gasteiger partial charge in [-0.3, -0.25) is 9.52 Å². The lowest BCUT2D eigenvalue weighted by molar-refractivity contribution is 0.242. The van der Waals surface area contributed by atoms with Gasteiger partial charge in [0.1, 0.15) is 16.9 Å². The first-order valence-electron chi connectivity index (χ1n) is 14.2. The van der Waals surface area contributed by atoms with Gasteiger partial charge in [0, 0.05) is 49.2 Å². The molecule has 4 aromatic rings. The lowest BCUT2D eigenvalue weighted by atomic mass is 10.0. The number of anilines is 1. The molecular weight excluding hydrogens is 633 g/mol. The number of hydrogen-bond donors (Lipinski definition) is 3. The summed E-state index contributed by atoms with van der Waals surface area (Å²) >= 11 is 19.2. The average molecular weight is 667 g/mol. The molecule has 43 heavy (non-hydrogen) atoms. The Balaban J connectivity index is 1.36. The van der Waals surface area contributed by atoms with E-state index in [1.807, 2.05) is 13.8 Å². The van der Waals surface area contributed by atoms with Crippen LogP contribution in [0.2, 0.25) is 15.1 Å². The van der Waals surface area contributed by atoms with Gasteiger partial charge in [0.25, 0.3) is 5.56 Å². The minimum absolute atomic E-state index is 0.0132. The van der Waals surface area contributed by atoms with Crippen LogP contribution < -0.4 is 15.6 Å². The Morgan fingerprint density at radius 2 is 1.74 bits per heavy atom. The number of aromatic nitrogens is 4. The zero-order valence-corrected chi connectivity index (χ0v) is 27.0. The predicted molar refractivity (Wildman–Crippen MR) is 174 cm³/mol. The first kappa shape index (κ1) is 31.7. The van der Waals surface area contributed by atoms with Gasteiger partial charge >= 0.3 is 0 Å². The van der Waals surface area contributed by atoms with Gasteiger partial charge in [0.15, 0.2) is 5.65 Å². The van der Waals surface area contributed by atoms with Crippen LogP contribution in [0, 0.1) is 0 Å². The van der Waals surface area contributed by atoms with Gasteiger partial charge in [0.2, 0.25) is 10.0 Å². The third kappa shape index (κ3) is 7.53. The lowest BCUT2D eigenvalue weighted by Gasteiger charge is -2.26. The summed E-state index contributed by atoms with van der Waals surface area (Å²) in [7, 11) is -3.48. The van der Waals surface area contributed by atoms with Gasteiger partial charge in [0.05, 0.1) is 21.5 Å². The number of aromatic amines is 1. The molecule has 1 aliphatic rings. The van der Waals surface area contributed by atoms with Gasteiger partial charge in [-0.25, -0.2) is 18.1 Å². The Labute approximate surface area is 265 Å². The van der Waals surface area contributed by atoms with E-state index in [0.717, 1.165) is 44.7 Å². The summed E-state index contributed by atoms with van der Waals surface area (Å²) in [4.78, 5) is 23.3. The van der Waals surface area contributed by atoms with Crippen molar-refractivity contribution in [1.82, 2.24) is 30.0 Å². The summed E-state index contributed by atoms with van der Waals surface area (Å²) in [5.74, 6) is 0.454. The van der Waals surface area contributed by atoms with Gasteiger partial charge < -0.3 is 15.2 Å². The summed E-state index contributed by atoms with van der Waals surface area (Å²) in [6.07, 6.45) is 1.63. The molecule has 0 saturated carbocycles. The number of nitrogens with one attached hydrogen (secondary N) is 3. The molecule has 0 bridgehead atoms. The van der Waals surface area contributed by atoms with Crippen molar-refractivity contribution in [2.45, 2.75) is 39.0 Å². The molecule has 10 nitrogen and oxygen atoms in total. The summed E-state index contributed by atoms with van der Waals surface area (Å²) in [6.45, 7) is 8.51. The van der Waals surface area contributed by atoms with Crippen LogP contribution in [-0.2, 0) is 16.4 Å². The molecule has 2 aromatic heterocycles. The largest absolute Gasteiger partial charge is 0.314 e. The zero-order chi connectivity index (χ0) is 30.7. The fourth-order valence-corrected chi connectivity index (χ4v) is 7.22. The highest BCUT2D eigenvalue weighted by Gasteiger charge is 2.24. The van der Waals surface area contributed by atoms with E-state index in [1.165, 1.54) is 4.68 Å². The Morgan fingerprint density at radius 1 is 1.07 bits per heavy atom. The van der Waals surface area contributed by atoms with E-state index in [-0.39, 0.29) is 27.3 Å². The molecule has 0 radical (unpaired) electrons. The van der Waals surface area contributed by atoms with Crippen LogP contribution in [0.3, 0.4) is 0 Å². The third-order valence-corrected chi connectivity index (χ3v) is 9.75. The fraction of sp³-hybridized carbons (Fsp3) is 0.414. The Morgan fingerprint density at radius 3 is 2.40 bits per heavy atom. The normalized spacial score (nSPS) is 15.2. The van der Waals surface area contributed by atoms with Gasteiger partial charge in [-0.05, 0) is 49.2 Å². The van der Waals surface area contributed by atoms with E-state index >= 15 is 0 Å². The summed E-state index contributed by atoms with van der Waals surface area (Å²) < 4.78 is 29.5. The van der Waals surface area contributed by atoms with E-state index in [4.69, 9.17) is 44.9 Å². The minimum atomic E-state index is -3.48. The molecule has 0 aliphatic carbocycles. The summed E-state index contributed by atoms with van der Waals surface area (Å²) in [5.41, 5.74) is 2.33. The number of halogens is 3. The van der Waals surface area contributed by atoms with Crippen molar-refractivity contribution in [1.29, 1.82) is 0 Å². The standard InChI is InChI=1S/C29H34Cl3N7O3S/c1-3-18(2)26-25-28(39(36-26)27-22(31)16-20(30)17-23(27)32)34-24(35-29(25)40)15-19-5-7-21(8-6-19)37-43(41,42)14-4-11-38-12-9-33-10-13-38/h5-8,16-18,33,37H,3-4,9-15H2,1-2H3,(H,34,35,40). The van der Waals surface area contributed by atoms with E-state index in [1.54, 1.807) is 36.4 Å². The molecule has 0 amide bonds. The van der Waals surface area contributed by atoms with Gasteiger partial charge in [-0.1, -0.05) is 60.8 Å². The molecule has 1 aliphatic heterocycles. The highest BCUT2D eigenvalue weighted by molar-refractivity contribution is 7.92. The Bertz CT molecular complexity index is 1750. The molecule has 1 fully saturated rings. The SMILES string of the molecule is CCC(C)c1nn(-c2c(Cl)cc(Cl)cc2Cl)c2nc(Cc3ccc(NS(=O)(=O)CCCN4CCNCC4)cc3)[nH]c(=O)c12. The molecule has 3 heterocycles. The number of rotatable bonds is 11. The number of benzene rings is 2. The van der Waals surface area contributed by atoms with Crippen molar-refractivity contribution in [2.75, 3.05) is 43.2 Å². The monoisotopic (exact) mass is 665 g/mol. The van der Waals surface area contributed by atoms with Crippen molar-refractivity contribution in [2.24, 2.45) is 0 Å². The maximum Gasteiger partial charge on any atom is 0.262 e. The zero-order valence-electron chi connectivity index (χ0n) is 24.0. The van der Waals surface area contributed by atoms with E-state index in [2.05, 4.69) is 19.9 Å². The number of sulfonamides is 1. The van der Waals surface area contributed by atoms with E-state index < -0.39 is 10.0 Å². The Kier molecular flexibility index (Phi) is 10.00. The van der Waals surface area contributed by atoms with E-state index in [0.29, 0.717) is 51.8 Å². The van der Waals surface area contributed by atoms with Crippen molar-refractivity contribution in [3.63, 3.8) is 0 Å². The molecule has 3 N–H and O–H groups in total. The topological polar surface area (TPSA) is 125 Å². The molecule has 1 unspecified atom stereocenters. The second-order valence-corrected chi connectivity index (χ2v) is 13.9. The number of piperazine rings is 1. The van der Waals surface area contributed by atoms with Crippen LogP contribution in [0.15, 0.2) is 41.2 Å². The fourth-order valence-electron chi connectivity index (χ4n) is 5.14. The lowest BCUT2D eigenvalue weighted by Crippen LogP contribution is -2.44. The highest BCUT2D eigenvalue weighted by atomic mass is 35.5. The van der Waals surface area contributed by atoms with E-state index in [9.17, 15) is 13.2 Å². The number of H-pyrrole nitrogens is 1. The second-order valence-electron chi connectivity index (χ2n) is 10.8. The molecule has 14 heteroatoms. The number of fused-ring (bicyclic) bond motifs is 1. The molecule has 1 saturated heterocycles. The van der Waals surface area contributed by atoms with Gasteiger partial charge in [-0.2, -0.15) is 5.10 Å². The molecular formula is C29H34Cl3N7O3S. The van der Waals surface area contributed by atoms with Crippen molar-refractivity contribution < 1.29 is 8.42 Å². The molecule has 5 rings (SSSR count). The van der Waals surface area contributed by atoms with Crippen LogP contribution in [0.1, 0.15) is 49.7 Å². The summed E-state index contributed by atoms with van der Waals surface area (Å²) in [5, 5.41) is 9.35. The highest BCUT2D eigenvalue weighted by Crippen LogP contribution is 2.35. The summed E-state index contributed by atoms with van der Waals surface area (Å²) in [6, 6.07) is 10.2. The number of hydrogen-bond acceptors (Lipinski definition) is 7. The second kappa shape index (κ2) is 13.5. The quantitative estimate of drug-likeness (QED) is 0.201. The maximum absolute atomic E-state index is 13.4. The first-order valence-corrected chi connectivity index (χ1v) is 17.0.